The van der Waals surface area contributed by atoms with Crippen molar-refractivity contribution in [2.24, 2.45) is 5.10 Å². The lowest BCUT2D eigenvalue weighted by Crippen LogP contribution is -2.51. The normalized spacial score (nSPS) is 13.3. The van der Waals surface area contributed by atoms with Crippen LogP contribution in [0.25, 0.3) is 0 Å². The zero-order valence-corrected chi connectivity index (χ0v) is 18.1. The summed E-state index contributed by atoms with van der Waals surface area (Å²) in [6.07, 6.45) is 0.748. The van der Waals surface area contributed by atoms with Crippen molar-refractivity contribution in [3.63, 3.8) is 0 Å². The van der Waals surface area contributed by atoms with E-state index in [1.807, 2.05) is 55.5 Å². The molecule has 0 spiro atoms. The zero-order valence-electron chi connectivity index (χ0n) is 18.1. The van der Waals surface area contributed by atoms with Gasteiger partial charge in [0.25, 0.3) is 0 Å². The van der Waals surface area contributed by atoms with E-state index < -0.39 is 17.3 Å². The Bertz CT molecular complexity index is 1320. The molecule has 2 heterocycles. The molecule has 1 aliphatic heterocycles. The first-order chi connectivity index (χ1) is 15.5. The molecule has 0 aliphatic carbocycles. The van der Waals surface area contributed by atoms with Gasteiger partial charge in [-0.1, -0.05) is 48.0 Å². The zero-order chi connectivity index (χ0) is 22.7. The standard InChI is InChI=1S/C23H25N5O4/c1-16-7-9-17(10-8-16)15-27-21(25-28-14-11-18-5-3-4-6-19(18)28)24-22(30)26(23(27)31)13-12-20(29)32-2/h3-10H,11-15H2,1-2H3,(H,24,25,30). The topological polar surface area (TPSA) is 102 Å². The summed E-state index contributed by atoms with van der Waals surface area (Å²) in [7, 11) is 1.27. The summed E-state index contributed by atoms with van der Waals surface area (Å²) in [6, 6.07) is 15.7. The van der Waals surface area contributed by atoms with Gasteiger partial charge in [0.2, 0.25) is 5.62 Å². The van der Waals surface area contributed by atoms with E-state index in [0.29, 0.717) is 6.54 Å². The van der Waals surface area contributed by atoms with Gasteiger partial charge in [-0.2, -0.15) is 0 Å². The van der Waals surface area contributed by atoms with Crippen LogP contribution in [0, 0.1) is 6.92 Å². The van der Waals surface area contributed by atoms with E-state index in [4.69, 9.17) is 0 Å². The Kier molecular flexibility index (Phi) is 6.07. The van der Waals surface area contributed by atoms with E-state index in [2.05, 4.69) is 14.8 Å². The monoisotopic (exact) mass is 435 g/mol. The fourth-order valence-corrected chi connectivity index (χ4v) is 3.69. The molecule has 4 rings (SSSR count). The molecule has 3 aromatic rings. The number of methoxy groups -OCH3 is 1. The van der Waals surface area contributed by atoms with E-state index >= 15 is 0 Å². The SMILES string of the molecule is COC(=O)CCn1c(=O)[nH]/c(=N\N2CCc3ccccc32)n(Cc2ccc(C)cc2)c1=O. The maximum absolute atomic E-state index is 13.3. The Morgan fingerprint density at radius 1 is 1.09 bits per heavy atom. The number of esters is 1. The predicted molar refractivity (Wildman–Crippen MR) is 119 cm³/mol. The molecule has 1 aromatic heterocycles. The second-order valence-corrected chi connectivity index (χ2v) is 7.69. The van der Waals surface area contributed by atoms with Crippen molar-refractivity contribution in [3.8, 4) is 0 Å². The molecule has 1 aliphatic rings. The van der Waals surface area contributed by atoms with E-state index in [-0.39, 0.29) is 25.1 Å². The van der Waals surface area contributed by atoms with Crippen LogP contribution in [0.15, 0.2) is 63.2 Å². The molecule has 0 saturated carbocycles. The molecule has 2 aromatic carbocycles. The van der Waals surface area contributed by atoms with Gasteiger partial charge < -0.3 is 4.74 Å². The van der Waals surface area contributed by atoms with Gasteiger partial charge >= 0.3 is 17.3 Å². The van der Waals surface area contributed by atoms with Crippen LogP contribution in [0.5, 0.6) is 0 Å². The van der Waals surface area contributed by atoms with Crippen molar-refractivity contribution < 1.29 is 9.53 Å². The van der Waals surface area contributed by atoms with Crippen LogP contribution in [0.4, 0.5) is 5.69 Å². The number of hydrogen-bond acceptors (Lipinski definition) is 6. The quantitative estimate of drug-likeness (QED) is 0.585. The Balaban J connectivity index is 1.81. The van der Waals surface area contributed by atoms with Gasteiger partial charge in [0, 0.05) is 13.1 Å². The third kappa shape index (κ3) is 4.41. The second-order valence-electron chi connectivity index (χ2n) is 7.69. The van der Waals surface area contributed by atoms with Gasteiger partial charge in [-0.3, -0.25) is 19.4 Å². The highest BCUT2D eigenvalue weighted by molar-refractivity contribution is 5.68. The summed E-state index contributed by atoms with van der Waals surface area (Å²) in [4.78, 5) is 40.2. The number of ether oxygens (including phenoxy) is 1. The highest BCUT2D eigenvalue weighted by atomic mass is 16.5. The molecule has 0 atom stereocenters. The summed E-state index contributed by atoms with van der Waals surface area (Å²) in [5.41, 5.74) is 3.11. The van der Waals surface area contributed by atoms with Crippen LogP contribution in [0.1, 0.15) is 23.1 Å². The molecule has 9 nitrogen and oxygen atoms in total. The first-order valence-corrected chi connectivity index (χ1v) is 10.4. The number of H-pyrrole nitrogens is 1. The van der Waals surface area contributed by atoms with Gasteiger partial charge in [-0.15, -0.1) is 5.10 Å². The van der Waals surface area contributed by atoms with Crippen LogP contribution < -0.4 is 22.0 Å². The fraction of sp³-hybridized carbons (Fsp3) is 0.304. The molecular formula is C23H25N5O4. The van der Waals surface area contributed by atoms with Gasteiger partial charge in [0.1, 0.15) is 0 Å². The van der Waals surface area contributed by atoms with E-state index in [1.54, 1.807) is 5.01 Å². The first-order valence-electron chi connectivity index (χ1n) is 10.4. The Hall–Kier alpha value is -3.88. The van der Waals surface area contributed by atoms with Crippen molar-refractivity contribution >= 4 is 11.7 Å². The minimum absolute atomic E-state index is 0.0818. The molecule has 0 bridgehead atoms. The highest BCUT2D eigenvalue weighted by Gasteiger charge is 2.19. The lowest BCUT2D eigenvalue weighted by Gasteiger charge is -2.15. The lowest BCUT2D eigenvalue weighted by atomic mass is 10.1. The van der Waals surface area contributed by atoms with Gasteiger partial charge in [0.05, 0.1) is 25.8 Å². The van der Waals surface area contributed by atoms with Crippen LogP contribution in [0.3, 0.4) is 0 Å². The summed E-state index contributed by atoms with van der Waals surface area (Å²) in [5.74, 6) is -0.496. The van der Waals surface area contributed by atoms with Crippen molar-refractivity contribution in [2.45, 2.75) is 32.9 Å². The van der Waals surface area contributed by atoms with E-state index in [9.17, 15) is 14.4 Å². The third-order valence-corrected chi connectivity index (χ3v) is 5.49. The highest BCUT2D eigenvalue weighted by Crippen LogP contribution is 2.26. The number of rotatable bonds is 6. The molecule has 0 fully saturated rings. The largest absolute Gasteiger partial charge is 0.469 e. The lowest BCUT2D eigenvalue weighted by molar-refractivity contribution is -0.140. The molecule has 9 heteroatoms. The number of hydrogen-bond donors (Lipinski definition) is 1. The van der Waals surface area contributed by atoms with Gasteiger partial charge in [0.15, 0.2) is 0 Å². The Morgan fingerprint density at radius 3 is 2.59 bits per heavy atom. The van der Waals surface area contributed by atoms with Gasteiger partial charge in [-0.05, 0) is 30.5 Å². The van der Waals surface area contributed by atoms with Crippen LogP contribution in [0.2, 0.25) is 0 Å². The minimum Gasteiger partial charge on any atom is -0.469 e. The van der Waals surface area contributed by atoms with Crippen LogP contribution in [-0.2, 0) is 29.0 Å². The third-order valence-electron chi connectivity index (χ3n) is 5.49. The van der Waals surface area contributed by atoms with Crippen LogP contribution in [-0.4, -0.2) is 33.7 Å². The van der Waals surface area contributed by atoms with Crippen molar-refractivity contribution in [1.82, 2.24) is 14.1 Å². The van der Waals surface area contributed by atoms with E-state index in [1.165, 1.54) is 11.7 Å². The second kappa shape index (κ2) is 9.09. The van der Waals surface area contributed by atoms with Gasteiger partial charge in [-0.25, -0.2) is 14.2 Å². The molecule has 0 radical (unpaired) electrons. The predicted octanol–water partition coefficient (Wildman–Crippen LogP) is 1.14. The summed E-state index contributed by atoms with van der Waals surface area (Å²) >= 11 is 0. The number of fused-ring (bicyclic) bond motifs is 1. The van der Waals surface area contributed by atoms with Crippen LogP contribution >= 0.6 is 0 Å². The number of para-hydroxylation sites is 1. The van der Waals surface area contributed by atoms with Crippen molar-refractivity contribution in [1.29, 1.82) is 0 Å². The minimum atomic E-state index is -0.620. The number of anilines is 1. The molecule has 1 N–H and O–H groups in total. The Labute approximate surface area is 184 Å². The Morgan fingerprint density at radius 2 is 1.84 bits per heavy atom. The average Bonchev–Trinajstić information content (AvgIpc) is 3.20. The number of aromatic nitrogens is 3. The van der Waals surface area contributed by atoms with E-state index in [0.717, 1.165) is 33.4 Å². The number of carbonyl (C=O) groups excluding carboxylic acids is 1. The number of benzene rings is 2. The summed E-state index contributed by atoms with van der Waals surface area (Å²) in [6.45, 7) is 2.78. The number of nitrogens with zero attached hydrogens (tertiary/aromatic N) is 4. The first kappa shape index (κ1) is 21.4. The number of aromatic amines is 1. The average molecular weight is 435 g/mol. The molecule has 32 heavy (non-hydrogen) atoms. The van der Waals surface area contributed by atoms with Crippen molar-refractivity contribution in [2.75, 3.05) is 18.7 Å². The maximum Gasteiger partial charge on any atom is 0.335 e. The fourth-order valence-electron chi connectivity index (χ4n) is 3.69. The molecule has 166 valence electrons. The molecular weight excluding hydrogens is 410 g/mol. The molecule has 0 saturated heterocycles. The number of nitrogens with one attached hydrogen (secondary N) is 1. The molecule has 0 amide bonds. The van der Waals surface area contributed by atoms with Crippen molar-refractivity contribution in [3.05, 3.63) is 91.8 Å². The summed E-state index contributed by atoms with van der Waals surface area (Å²) < 4.78 is 7.06. The number of aryl methyl sites for hydroxylation is 1. The maximum atomic E-state index is 13.3. The number of carbonyl (C=O) groups is 1. The summed E-state index contributed by atoms with van der Waals surface area (Å²) in [5, 5.41) is 6.42. The molecule has 0 unspecified atom stereocenters. The smallest absolute Gasteiger partial charge is 0.335 e.